The average molecular weight is 308 g/mol. The minimum Gasteiger partial charge on any atom is -0.319 e. The molecule has 0 atom stereocenters. The molecule has 116 valence electrons. The highest BCUT2D eigenvalue weighted by Gasteiger charge is 2.32. The molecule has 2 amide bonds. The van der Waals surface area contributed by atoms with Gasteiger partial charge >= 0.3 is 6.03 Å². The first-order valence-corrected chi connectivity index (χ1v) is 9.08. The first kappa shape index (κ1) is 14.8. The maximum absolute atomic E-state index is 12.8. The van der Waals surface area contributed by atoms with Crippen LogP contribution in [-0.2, 0) is 0 Å². The Morgan fingerprint density at radius 3 is 2.10 bits per heavy atom. The summed E-state index contributed by atoms with van der Waals surface area (Å²) in [6.07, 6.45) is 12.2. The van der Waals surface area contributed by atoms with Gasteiger partial charge in [0.1, 0.15) is 5.51 Å². The molecule has 5 nitrogen and oxygen atoms in total. The van der Waals surface area contributed by atoms with Crippen LogP contribution in [0.1, 0.15) is 64.2 Å². The fraction of sp³-hybridized carbons (Fsp3) is 0.800. The molecule has 0 aromatic carbocycles. The number of anilines is 1. The van der Waals surface area contributed by atoms with E-state index in [0.717, 1.165) is 25.7 Å². The van der Waals surface area contributed by atoms with Crippen molar-refractivity contribution in [2.75, 3.05) is 5.32 Å². The van der Waals surface area contributed by atoms with Gasteiger partial charge in [0.15, 0.2) is 0 Å². The molecule has 6 heteroatoms. The molecule has 0 radical (unpaired) electrons. The number of carbonyl (C=O) groups is 1. The minimum absolute atomic E-state index is 0.0329. The Labute approximate surface area is 130 Å². The molecule has 2 fully saturated rings. The van der Waals surface area contributed by atoms with E-state index in [1.807, 2.05) is 0 Å². The Kier molecular flexibility index (Phi) is 5.06. The van der Waals surface area contributed by atoms with E-state index in [1.54, 1.807) is 5.51 Å². The highest BCUT2D eigenvalue weighted by atomic mass is 32.1. The first-order valence-electron chi connectivity index (χ1n) is 8.20. The van der Waals surface area contributed by atoms with E-state index in [0.29, 0.717) is 17.2 Å². The van der Waals surface area contributed by atoms with E-state index in [-0.39, 0.29) is 6.03 Å². The van der Waals surface area contributed by atoms with Crippen molar-refractivity contribution in [1.29, 1.82) is 0 Å². The number of amides is 2. The summed E-state index contributed by atoms with van der Waals surface area (Å²) in [5, 5.41) is 11.3. The highest BCUT2D eigenvalue weighted by molar-refractivity contribution is 7.13. The van der Waals surface area contributed by atoms with Gasteiger partial charge in [-0.2, -0.15) is 0 Å². The second kappa shape index (κ2) is 7.20. The third-order valence-corrected chi connectivity index (χ3v) is 5.35. The van der Waals surface area contributed by atoms with Crippen LogP contribution >= 0.6 is 11.3 Å². The zero-order valence-corrected chi connectivity index (χ0v) is 13.3. The van der Waals surface area contributed by atoms with Crippen LogP contribution in [0.3, 0.4) is 0 Å². The lowest BCUT2D eigenvalue weighted by Crippen LogP contribution is -2.50. The Morgan fingerprint density at radius 2 is 1.62 bits per heavy atom. The number of hydrogen-bond acceptors (Lipinski definition) is 4. The van der Waals surface area contributed by atoms with Crippen molar-refractivity contribution in [2.45, 2.75) is 76.3 Å². The van der Waals surface area contributed by atoms with Gasteiger partial charge in [-0.05, 0) is 25.7 Å². The molecule has 0 saturated heterocycles. The predicted octanol–water partition coefficient (Wildman–Crippen LogP) is 4.04. The topological polar surface area (TPSA) is 58.1 Å². The number of urea groups is 1. The molecule has 0 bridgehead atoms. The summed E-state index contributed by atoms with van der Waals surface area (Å²) in [7, 11) is 0. The normalized spacial score (nSPS) is 21.1. The number of hydrogen-bond donors (Lipinski definition) is 1. The minimum atomic E-state index is 0.0329. The third kappa shape index (κ3) is 3.73. The average Bonchev–Trinajstić information content (AvgIpc) is 3.02. The van der Waals surface area contributed by atoms with Gasteiger partial charge in [-0.25, -0.2) is 4.79 Å². The summed E-state index contributed by atoms with van der Waals surface area (Å²) in [6.45, 7) is 0. The number of nitrogens with zero attached hydrogens (tertiary/aromatic N) is 3. The van der Waals surface area contributed by atoms with E-state index in [9.17, 15) is 4.79 Å². The van der Waals surface area contributed by atoms with E-state index < -0.39 is 0 Å². The van der Waals surface area contributed by atoms with Crippen LogP contribution in [0.15, 0.2) is 5.51 Å². The van der Waals surface area contributed by atoms with Crippen LogP contribution in [0.2, 0.25) is 0 Å². The van der Waals surface area contributed by atoms with E-state index in [1.165, 1.54) is 49.9 Å². The molecule has 1 aromatic rings. The van der Waals surface area contributed by atoms with E-state index in [4.69, 9.17) is 0 Å². The zero-order valence-electron chi connectivity index (χ0n) is 12.5. The maximum atomic E-state index is 12.8. The van der Waals surface area contributed by atoms with Crippen LogP contribution in [0.5, 0.6) is 0 Å². The largest absolute Gasteiger partial charge is 0.324 e. The summed E-state index contributed by atoms with van der Waals surface area (Å²) < 4.78 is 0. The number of nitrogens with one attached hydrogen (secondary N) is 1. The van der Waals surface area contributed by atoms with Crippen LogP contribution in [-0.4, -0.2) is 33.2 Å². The summed E-state index contributed by atoms with van der Waals surface area (Å²) in [5.74, 6) is 0. The number of carbonyl (C=O) groups excluding carboxylic acids is 1. The molecule has 0 aliphatic heterocycles. The molecule has 21 heavy (non-hydrogen) atoms. The zero-order chi connectivity index (χ0) is 14.5. The summed E-state index contributed by atoms with van der Waals surface area (Å²) in [4.78, 5) is 14.9. The molecule has 0 spiro atoms. The van der Waals surface area contributed by atoms with Gasteiger partial charge in [0.05, 0.1) is 0 Å². The standard InChI is InChI=1S/C15H24N4OS/c20-15(17-14-18-16-11-21-14)19(12-7-3-1-4-8-12)13-9-5-2-6-10-13/h11-13H,1-10H2,(H,17,18,20). The van der Waals surface area contributed by atoms with Gasteiger partial charge in [-0.3, -0.25) is 5.32 Å². The van der Waals surface area contributed by atoms with E-state index >= 15 is 0 Å². The first-order chi connectivity index (χ1) is 10.3. The van der Waals surface area contributed by atoms with E-state index in [2.05, 4.69) is 20.4 Å². The molecular weight excluding hydrogens is 284 g/mol. The smallest absolute Gasteiger partial charge is 0.319 e. The maximum Gasteiger partial charge on any atom is 0.324 e. The van der Waals surface area contributed by atoms with Gasteiger partial charge in [-0.1, -0.05) is 49.9 Å². The Bertz CT molecular complexity index is 421. The van der Waals surface area contributed by atoms with Gasteiger partial charge in [0.2, 0.25) is 5.13 Å². The summed E-state index contributed by atoms with van der Waals surface area (Å²) in [5.41, 5.74) is 1.65. The van der Waals surface area contributed by atoms with Gasteiger partial charge < -0.3 is 4.90 Å². The second-order valence-electron chi connectivity index (χ2n) is 6.16. The Hall–Kier alpha value is -1.17. The Balaban J connectivity index is 1.71. The lowest BCUT2D eigenvalue weighted by Gasteiger charge is -2.41. The molecule has 1 heterocycles. The quantitative estimate of drug-likeness (QED) is 0.917. The van der Waals surface area contributed by atoms with Gasteiger partial charge in [0, 0.05) is 12.1 Å². The summed E-state index contributed by atoms with van der Waals surface area (Å²) >= 11 is 1.38. The molecule has 2 saturated carbocycles. The van der Waals surface area contributed by atoms with Crippen LogP contribution < -0.4 is 5.32 Å². The van der Waals surface area contributed by atoms with Crippen LogP contribution in [0, 0.1) is 0 Å². The lowest BCUT2D eigenvalue weighted by molar-refractivity contribution is 0.114. The lowest BCUT2D eigenvalue weighted by atomic mass is 9.89. The molecular formula is C15H24N4OS. The second-order valence-corrected chi connectivity index (χ2v) is 7.00. The molecule has 1 N–H and O–H groups in total. The molecule has 2 aliphatic rings. The monoisotopic (exact) mass is 308 g/mol. The fourth-order valence-corrected chi connectivity index (χ4v) is 4.17. The molecule has 1 aromatic heterocycles. The SMILES string of the molecule is O=C(Nc1nncs1)N(C1CCCCC1)C1CCCCC1. The molecule has 3 rings (SSSR count). The van der Waals surface area contributed by atoms with Gasteiger partial charge in [0.25, 0.3) is 0 Å². The predicted molar refractivity (Wildman–Crippen MR) is 84.5 cm³/mol. The van der Waals surface area contributed by atoms with Crippen LogP contribution in [0.25, 0.3) is 0 Å². The van der Waals surface area contributed by atoms with Crippen molar-refractivity contribution in [1.82, 2.24) is 15.1 Å². The third-order valence-electron chi connectivity index (χ3n) is 4.74. The van der Waals surface area contributed by atoms with Crippen molar-refractivity contribution < 1.29 is 4.79 Å². The van der Waals surface area contributed by atoms with Crippen LogP contribution in [0.4, 0.5) is 9.93 Å². The highest BCUT2D eigenvalue weighted by Crippen LogP contribution is 2.30. The Morgan fingerprint density at radius 1 is 1.05 bits per heavy atom. The summed E-state index contributed by atoms with van der Waals surface area (Å²) in [6, 6.07) is 0.857. The van der Waals surface area contributed by atoms with Gasteiger partial charge in [-0.15, -0.1) is 10.2 Å². The van der Waals surface area contributed by atoms with Crippen molar-refractivity contribution in [3.63, 3.8) is 0 Å². The number of aromatic nitrogens is 2. The number of rotatable bonds is 3. The van der Waals surface area contributed by atoms with Crippen molar-refractivity contribution in [2.24, 2.45) is 0 Å². The molecule has 0 unspecified atom stereocenters. The van der Waals surface area contributed by atoms with Crippen molar-refractivity contribution in [3.8, 4) is 0 Å². The van der Waals surface area contributed by atoms with Crippen molar-refractivity contribution in [3.05, 3.63) is 5.51 Å². The fourth-order valence-electron chi connectivity index (χ4n) is 3.73. The van der Waals surface area contributed by atoms with Crippen molar-refractivity contribution >= 4 is 22.5 Å². The molecule has 2 aliphatic carbocycles.